The molecule has 0 spiro atoms. The van der Waals surface area contributed by atoms with Gasteiger partial charge in [-0.25, -0.2) is 4.79 Å². The zero-order valence-corrected chi connectivity index (χ0v) is 11.1. The summed E-state index contributed by atoms with van der Waals surface area (Å²) in [6.07, 6.45) is 0.890. The monoisotopic (exact) mass is 271 g/mol. The van der Waals surface area contributed by atoms with E-state index >= 15 is 0 Å². The Morgan fingerprint density at radius 2 is 2.50 bits per heavy atom. The lowest BCUT2D eigenvalue weighted by Crippen LogP contribution is -2.42. The van der Waals surface area contributed by atoms with Crippen molar-refractivity contribution < 1.29 is 19.4 Å². The fourth-order valence-corrected chi connectivity index (χ4v) is 2.78. The third kappa shape index (κ3) is 3.08. The Hall–Kier alpha value is -0.950. The molecule has 1 aliphatic heterocycles. The topological polar surface area (TPSA) is 67.8 Å². The molecule has 0 bridgehead atoms. The van der Waals surface area contributed by atoms with Crippen LogP contribution in [0.4, 0.5) is 0 Å². The van der Waals surface area contributed by atoms with Crippen LogP contribution in [0.15, 0.2) is 12.1 Å². The van der Waals surface area contributed by atoms with Crippen LogP contribution in [0.2, 0.25) is 0 Å². The van der Waals surface area contributed by atoms with E-state index in [0.717, 1.165) is 17.9 Å². The quantitative estimate of drug-likeness (QED) is 0.817. The number of rotatable bonds is 6. The largest absolute Gasteiger partial charge is 0.477 e. The molecular weight excluding hydrogens is 254 g/mol. The Balaban J connectivity index is 1.82. The van der Waals surface area contributed by atoms with Crippen molar-refractivity contribution in [2.75, 3.05) is 26.9 Å². The van der Waals surface area contributed by atoms with Crippen molar-refractivity contribution in [3.8, 4) is 0 Å². The van der Waals surface area contributed by atoms with Gasteiger partial charge in [0.1, 0.15) is 10.5 Å². The molecule has 1 aromatic rings. The average Bonchev–Trinajstić information content (AvgIpc) is 2.98. The van der Waals surface area contributed by atoms with E-state index in [0.29, 0.717) is 24.6 Å². The molecule has 0 saturated carbocycles. The third-order valence-corrected chi connectivity index (χ3v) is 4.19. The van der Waals surface area contributed by atoms with Gasteiger partial charge in [0.2, 0.25) is 0 Å². The third-order valence-electron chi connectivity index (χ3n) is 3.12. The van der Waals surface area contributed by atoms with E-state index in [2.05, 4.69) is 5.32 Å². The highest BCUT2D eigenvalue weighted by atomic mass is 32.1. The average molecular weight is 271 g/mol. The Kier molecular flexibility index (Phi) is 4.34. The van der Waals surface area contributed by atoms with E-state index in [9.17, 15) is 4.79 Å². The SMILES string of the molecule is COC1(CNCc2ccc(C(=O)O)s2)CCOC1. The number of carboxylic acid groups (broad SMARTS) is 1. The molecule has 2 rings (SSSR count). The van der Waals surface area contributed by atoms with Gasteiger partial charge >= 0.3 is 5.97 Å². The van der Waals surface area contributed by atoms with Crippen LogP contribution in [0.5, 0.6) is 0 Å². The summed E-state index contributed by atoms with van der Waals surface area (Å²) in [6, 6.07) is 3.47. The molecule has 18 heavy (non-hydrogen) atoms. The van der Waals surface area contributed by atoms with E-state index in [1.165, 1.54) is 11.3 Å². The summed E-state index contributed by atoms with van der Waals surface area (Å²) in [5, 5.41) is 12.1. The van der Waals surface area contributed by atoms with Crippen LogP contribution >= 0.6 is 11.3 Å². The molecule has 1 aromatic heterocycles. The molecule has 0 amide bonds. The van der Waals surface area contributed by atoms with E-state index in [4.69, 9.17) is 14.6 Å². The van der Waals surface area contributed by atoms with Crippen molar-refractivity contribution in [2.45, 2.75) is 18.6 Å². The number of hydrogen-bond donors (Lipinski definition) is 2. The van der Waals surface area contributed by atoms with Crippen LogP contribution in [0.25, 0.3) is 0 Å². The Morgan fingerprint density at radius 3 is 3.06 bits per heavy atom. The van der Waals surface area contributed by atoms with E-state index < -0.39 is 5.97 Å². The number of methoxy groups -OCH3 is 1. The zero-order valence-electron chi connectivity index (χ0n) is 10.3. The van der Waals surface area contributed by atoms with Crippen LogP contribution < -0.4 is 5.32 Å². The number of hydrogen-bond acceptors (Lipinski definition) is 5. The van der Waals surface area contributed by atoms with Crippen molar-refractivity contribution in [3.63, 3.8) is 0 Å². The molecule has 1 saturated heterocycles. The molecular formula is C12H17NO4S. The maximum absolute atomic E-state index is 10.7. The summed E-state index contributed by atoms with van der Waals surface area (Å²) >= 11 is 1.30. The molecule has 2 heterocycles. The summed E-state index contributed by atoms with van der Waals surface area (Å²) in [7, 11) is 1.70. The minimum atomic E-state index is -0.871. The lowest BCUT2D eigenvalue weighted by atomic mass is 10.0. The number of thiophene rings is 1. The van der Waals surface area contributed by atoms with Crippen LogP contribution in [0, 0.1) is 0 Å². The first-order chi connectivity index (χ1) is 8.65. The first-order valence-electron chi connectivity index (χ1n) is 5.81. The molecule has 1 atom stereocenters. The highest BCUT2D eigenvalue weighted by molar-refractivity contribution is 7.13. The summed E-state index contributed by atoms with van der Waals surface area (Å²) in [5.41, 5.74) is -0.229. The molecule has 0 aliphatic carbocycles. The van der Waals surface area contributed by atoms with Crippen molar-refractivity contribution in [3.05, 3.63) is 21.9 Å². The summed E-state index contributed by atoms with van der Waals surface area (Å²) in [5.74, 6) is -0.871. The predicted molar refractivity (Wildman–Crippen MR) is 68.2 cm³/mol. The van der Waals surface area contributed by atoms with Crippen molar-refractivity contribution in [1.29, 1.82) is 0 Å². The first-order valence-corrected chi connectivity index (χ1v) is 6.62. The minimum absolute atomic E-state index is 0.229. The molecule has 0 aromatic carbocycles. The van der Waals surface area contributed by atoms with Gasteiger partial charge in [-0.3, -0.25) is 0 Å². The number of aromatic carboxylic acids is 1. The summed E-state index contributed by atoms with van der Waals surface area (Å²) in [6.45, 7) is 2.71. The predicted octanol–water partition coefficient (Wildman–Crippen LogP) is 1.34. The number of ether oxygens (including phenoxy) is 2. The Labute approximate surface area is 110 Å². The highest BCUT2D eigenvalue weighted by Crippen LogP contribution is 2.22. The highest BCUT2D eigenvalue weighted by Gasteiger charge is 2.34. The molecule has 2 N–H and O–H groups in total. The maximum atomic E-state index is 10.7. The van der Waals surface area contributed by atoms with Gasteiger partial charge in [0.25, 0.3) is 0 Å². The lowest BCUT2D eigenvalue weighted by Gasteiger charge is -2.25. The van der Waals surface area contributed by atoms with Gasteiger partial charge in [-0.2, -0.15) is 0 Å². The van der Waals surface area contributed by atoms with Crippen LogP contribution in [0.1, 0.15) is 21.0 Å². The van der Waals surface area contributed by atoms with Gasteiger partial charge in [-0.1, -0.05) is 0 Å². The number of carboxylic acids is 1. The van der Waals surface area contributed by atoms with Crippen LogP contribution in [-0.4, -0.2) is 43.5 Å². The van der Waals surface area contributed by atoms with Crippen LogP contribution in [-0.2, 0) is 16.0 Å². The van der Waals surface area contributed by atoms with Crippen molar-refractivity contribution >= 4 is 17.3 Å². The van der Waals surface area contributed by atoms with Gasteiger partial charge in [-0.15, -0.1) is 11.3 Å². The molecule has 1 fully saturated rings. The summed E-state index contributed by atoms with van der Waals surface area (Å²) < 4.78 is 10.9. The zero-order chi connectivity index (χ0) is 13.0. The normalized spacial score (nSPS) is 23.4. The van der Waals surface area contributed by atoms with Gasteiger partial charge in [0.15, 0.2) is 0 Å². The standard InChI is InChI=1S/C12H17NO4S/c1-16-12(4-5-17-8-12)7-13-6-9-2-3-10(18-9)11(14)15/h2-3,13H,4-8H2,1H3,(H,14,15). The van der Waals surface area contributed by atoms with Crippen molar-refractivity contribution in [1.82, 2.24) is 5.32 Å². The van der Waals surface area contributed by atoms with E-state index in [-0.39, 0.29) is 5.60 Å². The second-order valence-electron chi connectivity index (χ2n) is 4.36. The van der Waals surface area contributed by atoms with Gasteiger partial charge in [-0.05, 0) is 12.1 Å². The minimum Gasteiger partial charge on any atom is -0.477 e. The maximum Gasteiger partial charge on any atom is 0.345 e. The molecule has 5 nitrogen and oxygen atoms in total. The molecule has 100 valence electrons. The Bertz CT molecular complexity index is 412. The molecule has 1 aliphatic rings. The second kappa shape index (κ2) is 5.79. The van der Waals surface area contributed by atoms with Crippen molar-refractivity contribution in [2.24, 2.45) is 0 Å². The first kappa shape index (κ1) is 13.5. The molecule has 6 heteroatoms. The van der Waals surface area contributed by atoms with E-state index in [1.807, 2.05) is 6.07 Å². The molecule has 1 unspecified atom stereocenters. The number of carbonyl (C=O) groups is 1. The van der Waals surface area contributed by atoms with E-state index in [1.54, 1.807) is 13.2 Å². The Morgan fingerprint density at radius 1 is 1.67 bits per heavy atom. The lowest BCUT2D eigenvalue weighted by molar-refractivity contribution is -0.0158. The van der Waals surface area contributed by atoms with Gasteiger partial charge < -0.3 is 19.9 Å². The second-order valence-corrected chi connectivity index (χ2v) is 5.53. The fourth-order valence-electron chi connectivity index (χ4n) is 1.96. The molecule has 0 radical (unpaired) electrons. The van der Waals surface area contributed by atoms with Gasteiger partial charge in [0.05, 0.1) is 6.61 Å². The summed E-state index contributed by atoms with van der Waals surface area (Å²) in [4.78, 5) is 12.1. The van der Waals surface area contributed by atoms with Crippen LogP contribution in [0.3, 0.4) is 0 Å². The van der Waals surface area contributed by atoms with Gasteiger partial charge in [0, 0.05) is 38.1 Å². The number of nitrogens with one attached hydrogen (secondary N) is 1. The smallest absolute Gasteiger partial charge is 0.345 e. The fraction of sp³-hybridized carbons (Fsp3) is 0.583.